The minimum absolute atomic E-state index is 0.986. The molecule has 3 rings (SSSR count). The van der Waals surface area contributed by atoms with Gasteiger partial charge in [-0.15, -0.1) is 11.3 Å². The second kappa shape index (κ2) is 10.1. The Kier molecular flexibility index (Phi) is 7.21. The van der Waals surface area contributed by atoms with E-state index in [1.54, 1.807) is 11.3 Å². The lowest BCUT2D eigenvalue weighted by Crippen LogP contribution is -2.10. The van der Waals surface area contributed by atoms with Gasteiger partial charge in [0.1, 0.15) is 5.01 Å². The fourth-order valence-electron chi connectivity index (χ4n) is 3.01. The number of aryl methyl sites for hydroxylation is 1. The monoisotopic (exact) mass is 374 g/mol. The van der Waals surface area contributed by atoms with Gasteiger partial charge in [-0.25, -0.2) is 4.98 Å². The molecule has 0 saturated carbocycles. The maximum atomic E-state index is 4.39. The van der Waals surface area contributed by atoms with E-state index in [0.717, 1.165) is 41.1 Å². The third-order valence-electron chi connectivity index (χ3n) is 4.43. The van der Waals surface area contributed by atoms with Crippen molar-refractivity contribution in [1.82, 2.24) is 10.3 Å². The third kappa shape index (κ3) is 5.79. The quantitative estimate of drug-likeness (QED) is 0.567. The lowest BCUT2D eigenvalue weighted by atomic mass is 10.00. The average Bonchev–Trinajstić information content (AvgIpc) is 3.24. The Morgan fingerprint density at radius 1 is 1.00 bits per heavy atom. The summed E-state index contributed by atoms with van der Waals surface area (Å²) in [5.74, 6) is 6.72. The van der Waals surface area contributed by atoms with Crippen molar-refractivity contribution in [3.05, 3.63) is 76.3 Å². The number of nitrogens with one attached hydrogen (secondary N) is 1. The van der Waals surface area contributed by atoms with E-state index < -0.39 is 0 Å². The standard InChI is InChI=1S/C24H26N2S/c1-3-4-6-20-15-21(17-22(16-20)11-12-25-2)10-9-19-7-5-8-23(18-19)24-26-13-14-27-24/h5,7-8,13-18,25H,3-4,6,11-12H2,1-2H3. The van der Waals surface area contributed by atoms with Crippen LogP contribution in [0.3, 0.4) is 0 Å². The highest BCUT2D eigenvalue weighted by atomic mass is 32.1. The van der Waals surface area contributed by atoms with Crippen LogP contribution in [0.25, 0.3) is 10.6 Å². The number of aromatic nitrogens is 1. The second-order valence-electron chi connectivity index (χ2n) is 6.66. The number of likely N-dealkylation sites (N-methyl/N-ethyl adjacent to an activating group) is 1. The predicted molar refractivity (Wildman–Crippen MR) is 116 cm³/mol. The summed E-state index contributed by atoms with van der Waals surface area (Å²) >= 11 is 1.65. The first-order chi connectivity index (χ1) is 13.3. The molecule has 0 aliphatic carbocycles. The Labute approximate surface area is 166 Å². The van der Waals surface area contributed by atoms with Gasteiger partial charge in [0, 0.05) is 28.3 Å². The van der Waals surface area contributed by atoms with Gasteiger partial charge < -0.3 is 5.32 Å². The van der Waals surface area contributed by atoms with Crippen molar-refractivity contribution < 1.29 is 0 Å². The fraction of sp³-hybridized carbons (Fsp3) is 0.292. The van der Waals surface area contributed by atoms with Crippen molar-refractivity contribution >= 4 is 11.3 Å². The van der Waals surface area contributed by atoms with Crippen molar-refractivity contribution in [3.8, 4) is 22.4 Å². The van der Waals surface area contributed by atoms with E-state index in [1.807, 2.05) is 18.6 Å². The van der Waals surface area contributed by atoms with E-state index in [2.05, 4.69) is 71.5 Å². The Balaban J connectivity index is 1.85. The van der Waals surface area contributed by atoms with Crippen LogP contribution in [-0.2, 0) is 12.8 Å². The molecule has 0 spiro atoms. The molecule has 0 amide bonds. The molecule has 3 aromatic rings. The molecule has 0 fully saturated rings. The number of hydrogen-bond acceptors (Lipinski definition) is 3. The average molecular weight is 375 g/mol. The van der Waals surface area contributed by atoms with E-state index in [4.69, 9.17) is 0 Å². The molecule has 27 heavy (non-hydrogen) atoms. The van der Waals surface area contributed by atoms with E-state index in [9.17, 15) is 0 Å². The molecule has 0 unspecified atom stereocenters. The Bertz CT molecular complexity index is 891. The zero-order valence-electron chi connectivity index (χ0n) is 16.1. The Hall–Kier alpha value is -2.41. The first-order valence-electron chi connectivity index (χ1n) is 9.58. The van der Waals surface area contributed by atoms with Crippen LogP contribution in [0.4, 0.5) is 0 Å². The molecule has 0 aliphatic rings. The second-order valence-corrected chi connectivity index (χ2v) is 7.56. The van der Waals surface area contributed by atoms with Gasteiger partial charge >= 0.3 is 0 Å². The van der Waals surface area contributed by atoms with Gasteiger partial charge in [-0.3, -0.25) is 0 Å². The largest absolute Gasteiger partial charge is 0.319 e. The van der Waals surface area contributed by atoms with Crippen molar-refractivity contribution in [2.45, 2.75) is 32.6 Å². The van der Waals surface area contributed by atoms with Crippen LogP contribution in [0.5, 0.6) is 0 Å². The molecular weight excluding hydrogens is 348 g/mol. The van der Waals surface area contributed by atoms with Crippen LogP contribution in [0.15, 0.2) is 54.0 Å². The SMILES string of the molecule is CCCCc1cc(C#Cc2cccc(-c3nccs3)c2)cc(CCNC)c1. The van der Waals surface area contributed by atoms with Gasteiger partial charge in [0.15, 0.2) is 0 Å². The van der Waals surface area contributed by atoms with Crippen LogP contribution >= 0.6 is 11.3 Å². The number of thiazole rings is 1. The maximum absolute atomic E-state index is 4.39. The van der Waals surface area contributed by atoms with Crippen LogP contribution in [0.2, 0.25) is 0 Å². The van der Waals surface area contributed by atoms with Gasteiger partial charge in [-0.05, 0) is 68.2 Å². The van der Waals surface area contributed by atoms with Gasteiger partial charge in [0.25, 0.3) is 0 Å². The molecular formula is C24H26N2S. The summed E-state index contributed by atoms with van der Waals surface area (Å²) in [6.07, 6.45) is 6.43. The van der Waals surface area contributed by atoms with Gasteiger partial charge in [-0.1, -0.05) is 43.4 Å². The Morgan fingerprint density at radius 2 is 1.81 bits per heavy atom. The minimum atomic E-state index is 0.986. The first kappa shape index (κ1) is 19.4. The smallest absolute Gasteiger partial charge is 0.123 e. The molecule has 1 N–H and O–H groups in total. The van der Waals surface area contributed by atoms with Crippen LogP contribution < -0.4 is 5.32 Å². The van der Waals surface area contributed by atoms with E-state index in [-0.39, 0.29) is 0 Å². The molecule has 138 valence electrons. The highest BCUT2D eigenvalue weighted by Gasteiger charge is 2.02. The van der Waals surface area contributed by atoms with Crippen LogP contribution in [0.1, 0.15) is 42.0 Å². The van der Waals surface area contributed by atoms with Gasteiger partial charge in [0.05, 0.1) is 0 Å². The Morgan fingerprint density at radius 3 is 2.56 bits per heavy atom. The van der Waals surface area contributed by atoms with Crippen molar-refractivity contribution in [1.29, 1.82) is 0 Å². The molecule has 3 heteroatoms. The highest BCUT2D eigenvalue weighted by molar-refractivity contribution is 7.13. The summed E-state index contributed by atoms with van der Waals surface area (Å²) in [7, 11) is 2.00. The number of hydrogen-bond donors (Lipinski definition) is 1. The topological polar surface area (TPSA) is 24.9 Å². The van der Waals surface area contributed by atoms with Gasteiger partial charge in [0.2, 0.25) is 0 Å². The van der Waals surface area contributed by atoms with Crippen molar-refractivity contribution in [2.24, 2.45) is 0 Å². The summed E-state index contributed by atoms with van der Waals surface area (Å²) in [5.41, 5.74) is 6.01. The first-order valence-corrected chi connectivity index (χ1v) is 10.5. The highest BCUT2D eigenvalue weighted by Crippen LogP contribution is 2.22. The third-order valence-corrected chi connectivity index (χ3v) is 5.25. The number of nitrogens with zero attached hydrogens (tertiary/aromatic N) is 1. The molecule has 1 aromatic heterocycles. The molecule has 0 aliphatic heterocycles. The van der Waals surface area contributed by atoms with Gasteiger partial charge in [-0.2, -0.15) is 0 Å². The molecule has 0 radical (unpaired) electrons. The van der Waals surface area contributed by atoms with Crippen LogP contribution in [-0.4, -0.2) is 18.6 Å². The molecule has 0 saturated heterocycles. The number of unbranched alkanes of at least 4 members (excludes halogenated alkanes) is 1. The number of benzene rings is 2. The van der Waals surface area contributed by atoms with Crippen LogP contribution in [0, 0.1) is 11.8 Å². The van der Waals surface area contributed by atoms with E-state index in [0.29, 0.717) is 0 Å². The number of rotatable bonds is 7. The summed E-state index contributed by atoms with van der Waals surface area (Å²) in [6.45, 7) is 3.22. The molecule has 1 heterocycles. The summed E-state index contributed by atoms with van der Waals surface area (Å²) in [4.78, 5) is 4.39. The molecule has 2 nitrogen and oxygen atoms in total. The van der Waals surface area contributed by atoms with Crippen molar-refractivity contribution in [2.75, 3.05) is 13.6 Å². The summed E-state index contributed by atoms with van der Waals surface area (Å²) in [5, 5.41) is 6.27. The fourth-order valence-corrected chi connectivity index (χ4v) is 3.65. The minimum Gasteiger partial charge on any atom is -0.319 e. The van der Waals surface area contributed by atoms with E-state index in [1.165, 1.54) is 24.0 Å². The lowest BCUT2D eigenvalue weighted by molar-refractivity contribution is 0.780. The lowest BCUT2D eigenvalue weighted by Gasteiger charge is -2.07. The maximum Gasteiger partial charge on any atom is 0.123 e. The zero-order valence-corrected chi connectivity index (χ0v) is 16.9. The van der Waals surface area contributed by atoms with E-state index >= 15 is 0 Å². The van der Waals surface area contributed by atoms with Crippen molar-refractivity contribution in [3.63, 3.8) is 0 Å². The predicted octanol–water partition coefficient (Wildman–Crippen LogP) is 5.31. The normalized spacial score (nSPS) is 10.4. The summed E-state index contributed by atoms with van der Waals surface area (Å²) in [6, 6.07) is 15.1. The molecule has 0 atom stereocenters. The zero-order chi connectivity index (χ0) is 18.9. The molecule has 2 aromatic carbocycles. The summed E-state index contributed by atoms with van der Waals surface area (Å²) < 4.78 is 0. The molecule has 0 bridgehead atoms.